The summed E-state index contributed by atoms with van der Waals surface area (Å²) in [7, 11) is 1.58. The van der Waals surface area contributed by atoms with Gasteiger partial charge in [-0.25, -0.2) is 0 Å². The van der Waals surface area contributed by atoms with Crippen LogP contribution in [-0.4, -0.2) is 43.5 Å². The predicted molar refractivity (Wildman–Crippen MR) is 72.9 cm³/mol. The van der Waals surface area contributed by atoms with Crippen molar-refractivity contribution in [2.45, 2.75) is 6.92 Å². The molecule has 6 heteroatoms. The first kappa shape index (κ1) is 15.0. The first-order valence-electron chi connectivity index (χ1n) is 5.97. The molecule has 0 unspecified atom stereocenters. The van der Waals surface area contributed by atoms with E-state index in [0.717, 1.165) is 0 Å². The third-order valence-corrected chi connectivity index (χ3v) is 2.44. The van der Waals surface area contributed by atoms with Gasteiger partial charge in [-0.3, -0.25) is 9.59 Å². The Balaban J connectivity index is 2.48. The van der Waals surface area contributed by atoms with Crippen LogP contribution >= 0.6 is 0 Å². The zero-order valence-corrected chi connectivity index (χ0v) is 11.2. The van der Waals surface area contributed by atoms with Crippen molar-refractivity contribution in [1.82, 2.24) is 4.90 Å². The molecule has 0 spiro atoms. The minimum Gasteiger partial charge on any atom is -0.492 e. The molecule has 1 aromatic carbocycles. The predicted octanol–water partition coefficient (Wildman–Crippen LogP) is 0.441. The van der Waals surface area contributed by atoms with E-state index in [-0.39, 0.29) is 18.4 Å². The highest BCUT2D eigenvalue weighted by Crippen LogP contribution is 2.15. The lowest BCUT2D eigenvalue weighted by Crippen LogP contribution is -2.33. The van der Waals surface area contributed by atoms with Crippen LogP contribution in [0.2, 0.25) is 0 Å². The van der Waals surface area contributed by atoms with E-state index in [1.54, 1.807) is 31.3 Å². The van der Waals surface area contributed by atoms with Gasteiger partial charge in [0.05, 0.1) is 6.54 Å². The Hall–Kier alpha value is -2.08. The number of nitrogens with zero attached hydrogens (tertiary/aromatic N) is 1. The van der Waals surface area contributed by atoms with Crippen molar-refractivity contribution in [3.05, 3.63) is 24.3 Å². The Morgan fingerprint density at radius 3 is 2.47 bits per heavy atom. The number of hydrogen-bond donors (Lipinski definition) is 2. The number of ether oxygens (including phenoxy) is 1. The van der Waals surface area contributed by atoms with E-state index in [4.69, 9.17) is 10.5 Å². The standard InChI is InChI=1S/C13H19N3O3/c1-10(17)16(2)9-13(18)15-11-3-5-12(6-4-11)19-8-7-14/h3-6H,7-9,14H2,1-2H3,(H,15,18). The fourth-order valence-corrected chi connectivity index (χ4v) is 1.34. The van der Waals surface area contributed by atoms with Gasteiger partial charge in [0.15, 0.2) is 0 Å². The molecular formula is C13H19N3O3. The van der Waals surface area contributed by atoms with E-state index < -0.39 is 0 Å². The number of likely N-dealkylation sites (N-methyl/N-ethyl adjacent to an activating group) is 1. The van der Waals surface area contributed by atoms with Crippen molar-refractivity contribution in [2.24, 2.45) is 5.73 Å². The van der Waals surface area contributed by atoms with E-state index in [1.807, 2.05) is 0 Å². The second-order valence-electron chi connectivity index (χ2n) is 4.08. The Kier molecular flexibility index (Phi) is 5.81. The summed E-state index contributed by atoms with van der Waals surface area (Å²) in [5.41, 5.74) is 5.98. The molecule has 0 aromatic heterocycles. The molecule has 0 atom stereocenters. The third-order valence-electron chi connectivity index (χ3n) is 2.44. The average Bonchev–Trinajstić information content (AvgIpc) is 2.37. The molecule has 0 aliphatic carbocycles. The van der Waals surface area contributed by atoms with Gasteiger partial charge in [-0.1, -0.05) is 0 Å². The molecule has 6 nitrogen and oxygen atoms in total. The fourth-order valence-electron chi connectivity index (χ4n) is 1.34. The molecule has 1 rings (SSSR count). The van der Waals surface area contributed by atoms with E-state index in [0.29, 0.717) is 24.6 Å². The van der Waals surface area contributed by atoms with E-state index in [9.17, 15) is 9.59 Å². The number of rotatable bonds is 6. The Morgan fingerprint density at radius 2 is 1.95 bits per heavy atom. The maximum atomic E-state index is 11.6. The quantitative estimate of drug-likeness (QED) is 0.781. The van der Waals surface area contributed by atoms with Crippen LogP contribution in [-0.2, 0) is 9.59 Å². The zero-order chi connectivity index (χ0) is 14.3. The monoisotopic (exact) mass is 265 g/mol. The molecule has 3 N–H and O–H groups in total. The lowest BCUT2D eigenvalue weighted by molar-refractivity contribution is -0.131. The summed E-state index contributed by atoms with van der Waals surface area (Å²) in [5.74, 6) is 0.304. The smallest absolute Gasteiger partial charge is 0.243 e. The minimum absolute atomic E-state index is 0.0285. The number of benzene rings is 1. The maximum Gasteiger partial charge on any atom is 0.243 e. The Bertz CT molecular complexity index is 431. The minimum atomic E-state index is -0.242. The molecule has 0 aliphatic rings. The van der Waals surface area contributed by atoms with Crippen molar-refractivity contribution in [2.75, 3.05) is 32.1 Å². The average molecular weight is 265 g/mol. The van der Waals surface area contributed by atoms with Crippen LogP contribution < -0.4 is 15.8 Å². The van der Waals surface area contributed by atoms with Crippen molar-refractivity contribution < 1.29 is 14.3 Å². The van der Waals surface area contributed by atoms with E-state index in [1.165, 1.54) is 11.8 Å². The normalized spacial score (nSPS) is 9.84. The molecule has 0 saturated carbocycles. The number of amides is 2. The fraction of sp³-hybridized carbons (Fsp3) is 0.385. The largest absolute Gasteiger partial charge is 0.492 e. The second kappa shape index (κ2) is 7.38. The first-order valence-corrected chi connectivity index (χ1v) is 5.97. The van der Waals surface area contributed by atoms with Crippen molar-refractivity contribution >= 4 is 17.5 Å². The van der Waals surface area contributed by atoms with Crippen LogP contribution in [0.25, 0.3) is 0 Å². The summed E-state index contributed by atoms with van der Waals surface area (Å²) in [6, 6.07) is 6.97. The summed E-state index contributed by atoms with van der Waals surface area (Å²) in [5, 5.41) is 2.70. The molecule has 104 valence electrons. The molecule has 19 heavy (non-hydrogen) atoms. The van der Waals surface area contributed by atoms with E-state index >= 15 is 0 Å². The summed E-state index contributed by atoms with van der Waals surface area (Å²) in [6.07, 6.45) is 0. The highest BCUT2D eigenvalue weighted by Gasteiger charge is 2.08. The van der Waals surface area contributed by atoms with Gasteiger partial charge in [-0.05, 0) is 24.3 Å². The van der Waals surface area contributed by atoms with Gasteiger partial charge in [0.2, 0.25) is 11.8 Å². The molecule has 0 radical (unpaired) electrons. The zero-order valence-electron chi connectivity index (χ0n) is 11.2. The van der Waals surface area contributed by atoms with Gasteiger partial charge >= 0.3 is 0 Å². The van der Waals surface area contributed by atoms with Crippen LogP contribution in [0.4, 0.5) is 5.69 Å². The van der Waals surface area contributed by atoms with Gasteiger partial charge < -0.3 is 20.7 Å². The van der Waals surface area contributed by atoms with Crippen LogP contribution in [0.1, 0.15) is 6.92 Å². The van der Waals surface area contributed by atoms with Crippen molar-refractivity contribution in [3.8, 4) is 5.75 Å². The van der Waals surface area contributed by atoms with Crippen molar-refractivity contribution in [3.63, 3.8) is 0 Å². The topological polar surface area (TPSA) is 84.7 Å². The summed E-state index contributed by atoms with van der Waals surface area (Å²) in [4.78, 5) is 24.0. The molecule has 0 aliphatic heterocycles. The van der Waals surface area contributed by atoms with Crippen LogP contribution in [0.15, 0.2) is 24.3 Å². The number of carbonyl (C=O) groups excluding carboxylic acids is 2. The van der Waals surface area contributed by atoms with Gasteiger partial charge in [0.25, 0.3) is 0 Å². The Labute approximate surface area is 112 Å². The summed E-state index contributed by atoms with van der Waals surface area (Å²) in [6.45, 7) is 2.35. The van der Waals surface area contributed by atoms with Crippen LogP contribution in [0.5, 0.6) is 5.75 Å². The number of carbonyl (C=O) groups is 2. The van der Waals surface area contributed by atoms with E-state index in [2.05, 4.69) is 5.32 Å². The number of anilines is 1. The molecule has 0 fully saturated rings. The van der Waals surface area contributed by atoms with Gasteiger partial charge in [0, 0.05) is 26.2 Å². The first-order chi connectivity index (χ1) is 9.02. The number of nitrogens with two attached hydrogens (primary N) is 1. The van der Waals surface area contributed by atoms with Crippen molar-refractivity contribution in [1.29, 1.82) is 0 Å². The number of hydrogen-bond acceptors (Lipinski definition) is 4. The Morgan fingerprint density at radius 1 is 1.32 bits per heavy atom. The summed E-state index contributed by atoms with van der Waals surface area (Å²) >= 11 is 0. The third kappa shape index (κ3) is 5.39. The molecule has 1 aromatic rings. The van der Waals surface area contributed by atoms with Gasteiger partial charge in [0.1, 0.15) is 12.4 Å². The summed E-state index contributed by atoms with van der Waals surface area (Å²) < 4.78 is 5.32. The molecule has 0 heterocycles. The maximum absolute atomic E-state index is 11.6. The second-order valence-corrected chi connectivity index (χ2v) is 4.08. The van der Waals surface area contributed by atoms with Crippen LogP contribution in [0, 0.1) is 0 Å². The van der Waals surface area contributed by atoms with Crippen LogP contribution in [0.3, 0.4) is 0 Å². The molecule has 0 bridgehead atoms. The lowest BCUT2D eigenvalue weighted by Gasteiger charge is -2.14. The highest BCUT2D eigenvalue weighted by molar-refractivity contribution is 5.94. The lowest BCUT2D eigenvalue weighted by atomic mass is 10.3. The molecular weight excluding hydrogens is 246 g/mol. The molecule has 2 amide bonds. The number of nitrogens with one attached hydrogen (secondary N) is 1. The SMILES string of the molecule is CC(=O)N(C)CC(=O)Nc1ccc(OCCN)cc1. The highest BCUT2D eigenvalue weighted by atomic mass is 16.5. The molecule has 0 saturated heterocycles. The van der Waals surface area contributed by atoms with Gasteiger partial charge in [-0.2, -0.15) is 0 Å². The van der Waals surface area contributed by atoms with Gasteiger partial charge in [-0.15, -0.1) is 0 Å².